The van der Waals surface area contributed by atoms with Gasteiger partial charge < -0.3 is 19.5 Å². The number of ether oxygens (including phenoxy) is 3. The number of nitrogens with zero attached hydrogens (tertiary/aromatic N) is 1. The summed E-state index contributed by atoms with van der Waals surface area (Å²) in [5.41, 5.74) is 4.18. The first-order valence-corrected chi connectivity index (χ1v) is 13.5. The van der Waals surface area contributed by atoms with E-state index >= 15 is 0 Å². The van der Waals surface area contributed by atoms with Crippen molar-refractivity contribution in [3.05, 3.63) is 93.8 Å². The zero-order chi connectivity index (χ0) is 29.7. The van der Waals surface area contributed by atoms with Crippen LogP contribution in [0, 0.1) is 33.6 Å². The number of benzene rings is 2. The molecule has 3 aromatic rings. The Morgan fingerprint density at radius 2 is 1.66 bits per heavy atom. The smallest absolute Gasteiger partial charge is 0.344 e. The third-order valence-electron chi connectivity index (χ3n) is 6.97. The molecule has 0 aliphatic carbocycles. The highest BCUT2D eigenvalue weighted by Crippen LogP contribution is 2.26. The standard InChI is InChI=1S/C32H34N2O7/c1-18-13-20(3)26(21(4)14-18)32(38)41-28-19(2)11-12-33-27(28)29(35)34-25-17-39-30(36)24(15-22(5)40-31(25)37)16-23-9-7-6-8-10-23/h6-14,22,24-25H,15-17H2,1-5H3,(H,34,35)/t22?,24?,25-/m0/s1. The molecule has 3 atom stereocenters. The fourth-order valence-electron chi connectivity index (χ4n) is 5.05. The van der Waals surface area contributed by atoms with Crippen LogP contribution in [-0.2, 0) is 25.5 Å². The van der Waals surface area contributed by atoms with Gasteiger partial charge in [-0.25, -0.2) is 14.6 Å². The monoisotopic (exact) mass is 558 g/mol. The molecule has 214 valence electrons. The molecule has 1 aliphatic heterocycles. The molecular formula is C32H34N2O7. The molecule has 41 heavy (non-hydrogen) atoms. The number of nitrogens with one attached hydrogen (secondary N) is 1. The Morgan fingerprint density at radius 3 is 2.34 bits per heavy atom. The molecule has 9 heteroatoms. The van der Waals surface area contributed by atoms with E-state index in [0.29, 0.717) is 17.5 Å². The average molecular weight is 559 g/mol. The van der Waals surface area contributed by atoms with Crippen molar-refractivity contribution in [2.75, 3.05) is 6.61 Å². The molecule has 1 aliphatic rings. The number of cyclic esters (lactones) is 2. The molecule has 2 aromatic carbocycles. The molecule has 4 rings (SSSR count). The first kappa shape index (κ1) is 29.5. The fraction of sp³-hybridized carbons (Fsp3) is 0.344. The van der Waals surface area contributed by atoms with Gasteiger partial charge in [0.1, 0.15) is 6.61 Å². The maximum atomic E-state index is 13.4. The normalized spacial score (nSPS) is 19.2. The molecule has 1 fully saturated rings. The van der Waals surface area contributed by atoms with Gasteiger partial charge in [-0.3, -0.25) is 9.59 Å². The van der Waals surface area contributed by atoms with Gasteiger partial charge in [0.15, 0.2) is 17.5 Å². The van der Waals surface area contributed by atoms with Crippen molar-refractivity contribution in [1.82, 2.24) is 10.3 Å². The summed E-state index contributed by atoms with van der Waals surface area (Å²) in [5, 5.41) is 2.55. The van der Waals surface area contributed by atoms with Crippen LogP contribution in [0.3, 0.4) is 0 Å². The number of carbonyl (C=O) groups is 4. The third-order valence-corrected chi connectivity index (χ3v) is 6.97. The van der Waals surface area contributed by atoms with Gasteiger partial charge in [0.2, 0.25) is 0 Å². The van der Waals surface area contributed by atoms with Gasteiger partial charge in [0.25, 0.3) is 5.91 Å². The van der Waals surface area contributed by atoms with Gasteiger partial charge in [-0.1, -0.05) is 48.0 Å². The number of pyridine rings is 1. The number of esters is 3. The number of rotatable bonds is 6. The highest BCUT2D eigenvalue weighted by molar-refractivity contribution is 6.00. The summed E-state index contributed by atoms with van der Waals surface area (Å²) in [6.07, 6.45) is 1.52. The second-order valence-corrected chi connectivity index (χ2v) is 10.5. The summed E-state index contributed by atoms with van der Waals surface area (Å²) < 4.78 is 16.7. The lowest BCUT2D eigenvalue weighted by atomic mass is 9.94. The predicted octanol–water partition coefficient (Wildman–Crippen LogP) is 4.37. The summed E-state index contributed by atoms with van der Waals surface area (Å²) in [6, 6.07) is 13.6. The van der Waals surface area contributed by atoms with Crippen LogP contribution < -0.4 is 10.1 Å². The molecule has 0 radical (unpaired) electrons. The number of hydrogen-bond donors (Lipinski definition) is 1. The highest BCUT2D eigenvalue weighted by Gasteiger charge is 2.33. The lowest BCUT2D eigenvalue weighted by Crippen LogP contribution is -2.46. The first-order chi connectivity index (χ1) is 19.5. The van der Waals surface area contributed by atoms with Crippen molar-refractivity contribution >= 4 is 23.8 Å². The summed E-state index contributed by atoms with van der Waals surface area (Å²) in [4.78, 5) is 56.6. The van der Waals surface area contributed by atoms with E-state index in [-0.39, 0.29) is 17.9 Å². The molecular weight excluding hydrogens is 524 g/mol. The topological polar surface area (TPSA) is 121 Å². The van der Waals surface area contributed by atoms with Crippen LogP contribution in [0.2, 0.25) is 0 Å². The first-order valence-electron chi connectivity index (χ1n) is 13.5. The van der Waals surface area contributed by atoms with Crippen LogP contribution in [-0.4, -0.2) is 47.6 Å². The van der Waals surface area contributed by atoms with Crippen LogP contribution in [0.4, 0.5) is 0 Å². The second-order valence-electron chi connectivity index (χ2n) is 10.5. The Morgan fingerprint density at radius 1 is 0.976 bits per heavy atom. The number of aromatic nitrogens is 1. The molecule has 0 saturated carbocycles. The average Bonchev–Trinajstić information content (AvgIpc) is 2.95. The van der Waals surface area contributed by atoms with E-state index in [1.165, 1.54) is 6.20 Å². The fourth-order valence-corrected chi connectivity index (χ4v) is 5.05. The number of amides is 1. The van der Waals surface area contributed by atoms with E-state index in [2.05, 4.69) is 10.3 Å². The van der Waals surface area contributed by atoms with Crippen molar-refractivity contribution in [2.24, 2.45) is 5.92 Å². The summed E-state index contributed by atoms with van der Waals surface area (Å²) in [6.45, 7) is 8.53. The van der Waals surface area contributed by atoms with Crippen LogP contribution in [0.1, 0.15) is 62.0 Å². The van der Waals surface area contributed by atoms with E-state index in [0.717, 1.165) is 22.3 Å². The van der Waals surface area contributed by atoms with Crippen molar-refractivity contribution in [2.45, 2.75) is 59.6 Å². The van der Waals surface area contributed by atoms with E-state index in [9.17, 15) is 19.2 Å². The van der Waals surface area contributed by atoms with Crippen molar-refractivity contribution in [3.63, 3.8) is 0 Å². The van der Waals surface area contributed by atoms with Gasteiger partial charge in [-0.2, -0.15) is 0 Å². The highest BCUT2D eigenvalue weighted by atomic mass is 16.6. The molecule has 1 amide bonds. The third kappa shape index (κ3) is 7.16. The molecule has 9 nitrogen and oxygen atoms in total. The lowest BCUT2D eigenvalue weighted by Gasteiger charge is -2.19. The van der Waals surface area contributed by atoms with Crippen LogP contribution in [0.25, 0.3) is 0 Å². The van der Waals surface area contributed by atoms with Gasteiger partial charge in [-0.05, 0) is 75.8 Å². The molecule has 2 heterocycles. The van der Waals surface area contributed by atoms with E-state index in [1.54, 1.807) is 19.9 Å². The largest absolute Gasteiger partial charge is 0.463 e. The lowest BCUT2D eigenvalue weighted by molar-refractivity contribution is -0.152. The van der Waals surface area contributed by atoms with Gasteiger partial charge in [0, 0.05) is 6.20 Å². The van der Waals surface area contributed by atoms with E-state index in [1.807, 2.05) is 63.2 Å². The van der Waals surface area contributed by atoms with Gasteiger partial charge in [-0.15, -0.1) is 0 Å². The Balaban J connectivity index is 1.52. The van der Waals surface area contributed by atoms with Crippen LogP contribution in [0.5, 0.6) is 5.75 Å². The minimum Gasteiger partial charge on any atom is -0.463 e. The Labute approximate surface area is 239 Å². The molecule has 0 bridgehead atoms. The van der Waals surface area contributed by atoms with E-state index in [4.69, 9.17) is 14.2 Å². The number of carbonyl (C=O) groups excluding carboxylic acids is 4. The van der Waals surface area contributed by atoms with E-state index < -0.39 is 48.5 Å². The molecule has 1 aromatic heterocycles. The SMILES string of the molecule is Cc1cc(C)c(C(=O)Oc2c(C)ccnc2C(=O)N[C@H]2COC(=O)C(Cc3ccccc3)CC(C)OC2=O)c(C)c1. The minimum atomic E-state index is -1.28. The molecule has 0 spiro atoms. The van der Waals surface area contributed by atoms with Crippen molar-refractivity contribution < 1.29 is 33.4 Å². The van der Waals surface area contributed by atoms with Crippen molar-refractivity contribution in [3.8, 4) is 5.75 Å². The van der Waals surface area contributed by atoms with Crippen LogP contribution in [0.15, 0.2) is 54.7 Å². The zero-order valence-corrected chi connectivity index (χ0v) is 23.9. The molecule has 2 unspecified atom stereocenters. The summed E-state index contributed by atoms with van der Waals surface area (Å²) in [5.74, 6) is -3.17. The number of aryl methyl sites for hydroxylation is 4. The Bertz CT molecular complexity index is 1450. The second kappa shape index (κ2) is 12.8. The summed E-state index contributed by atoms with van der Waals surface area (Å²) in [7, 11) is 0. The van der Waals surface area contributed by atoms with Crippen LogP contribution >= 0.6 is 0 Å². The van der Waals surface area contributed by atoms with Gasteiger partial charge in [0.05, 0.1) is 17.6 Å². The van der Waals surface area contributed by atoms with Crippen molar-refractivity contribution in [1.29, 1.82) is 0 Å². The quantitative estimate of drug-likeness (QED) is 0.443. The Hall–Kier alpha value is -4.53. The molecule has 1 N–H and O–H groups in total. The zero-order valence-electron chi connectivity index (χ0n) is 23.9. The predicted molar refractivity (Wildman–Crippen MR) is 151 cm³/mol. The minimum absolute atomic E-state index is 0.0286. The maximum Gasteiger partial charge on any atom is 0.344 e. The maximum absolute atomic E-state index is 13.4. The van der Waals surface area contributed by atoms with Gasteiger partial charge >= 0.3 is 17.9 Å². The number of hydrogen-bond acceptors (Lipinski definition) is 8. The summed E-state index contributed by atoms with van der Waals surface area (Å²) >= 11 is 0. The molecule has 1 saturated heterocycles. The Kier molecular flexibility index (Phi) is 9.17.